The zero-order valence-electron chi connectivity index (χ0n) is 8.32. The minimum atomic E-state index is -4.54. The summed E-state index contributed by atoms with van der Waals surface area (Å²) < 4.78 is 59.4. The molecule has 2 aromatic rings. The highest BCUT2D eigenvalue weighted by Gasteiger charge is 2.31. The predicted molar refractivity (Wildman–Crippen MR) is 61.0 cm³/mol. The van der Waals surface area contributed by atoms with Crippen LogP contribution in [0.2, 0.25) is 0 Å². The Bertz CT molecular complexity index is 696. The average molecular weight is 317 g/mol. The highest BCUT2D eigenvalue weighted by Crippen LogP contribution is 2.40. The van der Waals surface area contributed by atoms with Crippen LogP contribution in [0.4, 0.5) is 13.2 Å². The van der Waals surface area contributed by atoms with Gasteiger partial charge in [-0.3, -0.25) is 0 Å². The van der Waals surface area contributed by atoms with E-state index in [1.165, 1.54) is 6.33 Å². The molecule has 4 nitrogen and oxygen atoms in total. The fraction of sp³-hybridized carbons (Fsp3) is 0.125. The molecule has 0 saturated heterocycles. The molecule has 0 unspecified atom stereocenters. The number of benzene rings is 1. The summed E-state index contributed by atoms with van der Waals surface area (Å²) in [5.41, 5.74) is -4.33. The summed E-state index contributed by atoms with van der Waals surface area (Å²) in [5, 5.41) is 0. The summed E-state index contributed by atoms with van der Waals surface area (Å²) in [6.07, 6.45) is 1.18. The average Bonchev–Trinajstić information content (AvgIpc) is 2.61. The summed E-state index contributed by atoms with van der Waals surface area (Å²) in [7, 11) is 1.01. The van der Waals surface area contributed by atoms with Crippen LogP contribution < -0.4 is 0 Å². The number of nitrogens with zero attached hydrogens (tertiary/aromatic N) is 1. The second kappa shape index (κ2) is 4.32. The first kappa shape index (κ1) is 13.5. The minimum absolute atomic E-state index is 0.0430. The molecule has 10 heteroatoms. The lowest BCUT2D eigenvalue weighted by Crippen LogP contribution is -2.00. The zero-order chi connectivity index (χ0) is 13.6. The van der Waals surface area contributed by atoms with Gasteiger partial charge in [0.1, 0.15) is 5.52 Å². The van der Waals surface area contributed by atoms with Crippen LogP contribution in [0, 0.1) is 0 Å². The van der Waals surface area contributed by atoms with Gasteiger partial charge in [0.05, 0.1) is 16.7 Å². The Labute approximate surface area is 108 Å². The molecule has 98 valence electrons. The third-order valence-corrected chi connectivity index (χ3v) is 4.07. The predicted octanol–water partition coefficient (Wildman–Crippen LogP) is 3.10. The van der Waals surface area contributed by atoms with Gasteiger partial charge in [-0.15, -0.1) is 0 Å². The largest absolute Gasteiger partial charge is 0.446 e. The van der Waals surface area contributed by atoms with Gasteiger partial charge in [0.15, 0.2) is 0 Å². The van der Waals surface area contributed by atoms with Crippen LogP contribution >= 0.6 is 22.4 Å². The molecule has 0 amide bonds. The number of halogens is 4. The second-order valence-corrected chi connectivity index (χ2v) is 6.88. The molecule has 18 heavy (non-hydrogen) atoms. The van der Waals surface area contributed by atoms with Crippen molar-refractivity contribution in [1.82, 2.24) is 9.97 Å². The van der Waals surface area contributed by atoms with Crippen molar-refractivity contribution in [3.63, 3.8) is 0 Å². The van der Waals surface area contributed by atoms with Crippen molar-refractivity contribution >= 4 is 42.5 Å². The number of hydrogen-bond donors (Lipinski definition) is 1. The van der Waals surface area contributed by atoms with E-state index in [0.29, 0.717) is 0 Å². The molecule has 0 aliphatic rings. The van der Waals surface area contributed by atoms with Crippen LogP contribution in [0.25, 0.3) is 11.0 Å². The van der Waals surface area contributed by atoms with Crippen LogP contribution in [0.15, 0.2) is 28.3 Å². The Morgan fingerprint density at radius 2 is 2.00 bits per heavy atom. The van der Waals surface area contributed by atoms with Crippen molar-refractivity contribution in [3.05, 3.63) is 18.5 Å². The van der Waals surface area contributed by atoms with Crippen LogP contribution in [-0.2, 0) is 9.05 Å². The van der Waals surface area contributed by atoms with E-state index in [4.69, 9.17) is 10.7 Å². The lowest BCUT2D eigenvalue weighted by Gasteiger charge is -2.07. The molecule has 0 spiro atoms. The van der Waals surface area contributed by atoms with Gasteiger partial charge in [0, 0.05) is 15.6 Å². The van der Waals surface area contributed by atoms with Crippen molar-refractivity contribution in [2.75, 3.05) is 0 Å². The monoisotopic (exact) mass is 316 g/mol. The van der Waals surface area contributed by atoms with Gasteiger partial charge in [0.2, 0.25) is 0 Å². The number of hydrogen-bond acceptors (Lipinski definition) is 4. The number of fused-ring (bicyclic) bond motifs is 1. The molecular weight excluding hydrogens is 313 g/mol. The quantitative estimate of drug-likeness (QED) is 0.683. The summed E-state index contributed by atoms with van der Waals surface area (Å²) in [6, 6.07) is 1.98. The molecular formula is C8H4ClF3N2O2S2. The van der Waals surface area contributed by atoms with E-state index in [-0.39, 0.29) is 15.9 Å². The smallest absolute Gasteiger partial charge is 0.345 e. The third kappa shape index (κ3) is 2.90. The Kier molecular flexibility index (Phi) is 3.24. The molecule has 0 aliphatic heterocycles. The van der Waals surface area contributed by atoms with Gasteiger partial charge in [-0.05, 0) is 23.9 Å². The molecule has 1 N–H and O–H groups in total. The first-order valence-electron chi connectivity index (χ1n) is 4.34. The summed E-state index contributed by atoms with van der Waals surface area (Å²) in [6.45, 7) is 0. The molecule has 0 fully saturated rings. The number of thioether (sulfide) groups is 1. The van der Waals surface area contributed by atoms with Gasteiger partial charge in [0.25, 0.3) is 9.05 Å². The Hall–Kier alpha value is -0.930. The first-order valence-corrected chi connectivity index (χ1v) is 7.47. The zero-order valence-corrected chi connectivity index (χ0v) is 10.7. The summed E-state index contributed by atoms with van der Waals surface area (Å²) in [4.78, 5) is 5.53. The van der Waals surface area contributed by atoms with Crippen molar-refractivity contribution in [3.8, 4) is 0 Å². The van der Waals surface area contributed by atoms with E-state index in [9.17, 15) is 21.6 Å². The fourth-order valence-corrected chi connectivity index (χ4v) is 2.89. The normalized spacial score (nSPS) is 13.1. The molecule has 0 bridgehead atoms. The minimum Gasteiger partial charge on any atom is -0.345 e. The van der Waals surface area contributed by atoms with Gasteiger partial charge in [-0.2, -0.15) is 13.2 Å². The summed E-state index contributed by atoms with van der Waals surface area (Å²) in [5.74, 6) is 0. The van der Waals surface area contributed by atoms with E-state index in [0.717, 1.165) is 12.1 Å². The van der Waals surface area contributed by atoms with Crippen LogP contribution in [0.1, 0.15) is 0 Å². The number of imidazole rings is 1. The first-order chi connectivity index (χ1) is 8.17. The van der Waals surface area contributed by atoms with E-state index < -0.39 is 31.2 Å². The number of alkyl halides is 3. The molecule has 0 aliphatic carbocycles. The summed E-state index contributed by atoms with van der Waals surface area (Å²) >= 11 is -0.440. The van der Waals surface area contributed by atoms with Gasteiger partial charge in [-0.25, -0.2) is 13.4 Å². The maximum Gasteiger partial charge on any atom is 0.446 e. The Morgan fingerprint density at radius 3 is 2.56 bits per heavy atom. The van der Waals surface area contributed by atoms with Gasteiger partial charge < -0.3 is 4.98 Å². The van der Waals surface area contributed by atoms with Gasteiger partial charge >= 0.3 is 5.51 Å². The standard InChI is InChI=1S/C8H4ClF3N2O2S2/c9-18(15,16)4-1-5-7(14-3-13-5)6(2-4)17-8(10,11)12/h1-3H,(H,13,14). The molecule has 2 rings (SSSR count). The van der Waals surface area contributed by atoms with Crippen molar-refractivity contribution in [1.29, 1.82) is 0 Å². The van der Waals surface area contributed by atoms with E-state index >= 15 is 0 Å². The Morgan fingerprint density at radius 1 is 1.33 bits per heavy atom. The molecule has 0 radical (unpaired) electrons. The number of nitrogens with one attached hydrogen (secondary N) is 1. The fourth-order valence-electron chi connectivity index (χ4n) is 1.34. The maximum absolute atomic E-state index is 12.3. The molecule has 0 saturated carbocycles. The van der Waals surface area contributed by atoms with Gasteiger partial charge in [-0.1, -0.05) is 0 Å². The van der Waals surface area contributed by atoms with E-state index in [2.05, 4.69) is 9.97 Å². The molecule has 1 heterocycles. The SMILES string of the molecule is O=S(=O)(Cl)c1cc(SC(F)(F)F)c2nc[nH]c2c1. The van der Waals surface area contributed by atoms with Crippen molar-refractivity contribution in [2.24, 2.45) is 0 Å². The van der Waals surface area contributed by atoms with Crippen molar-refractivity contribution in [2.45, 2.75) is 15.3 Å². The second-order valence-electron chi connectivity index (χ2n) is 3.21. The lowest BCUT2D eigenvalue weighted by molar-refractivity contribution is -0.0327. The number of aromatic amines is 1. The highest BCUT2D eigenvalue weighted by atomic mass is 35.7. The lowest BCUT2D eigenvalue weighted by atomic mass is 10.3. The number of H-pyrrole nitrogens is 1. The van der Waals surface area contributed by atoms with E-state index in [1.54, 1.807) is 0 Å². The Balaban J connectivity index is 2.66. The third-order valence-electron chi connectivity index (χ3n) is 1.97. The molecule has 1 aromatic carbocycles. The van der Waals surface area contributed by atoms with E-state index in [1.807, 2.05) is 0 Å². The topological polar surface area (TPSA) is 62.8 Å². The van der Waals surface area contributed by atoms with Crippen LogP contribution in [0.3, 0.4) is 0 Å². The molecule has 0 atom stereocenters. The van der Waals surface area contributed by atoms with Crippen LogP contribution in [-0.4, -0.2) is 23.9 Å². The number of rotatable bonds is 2. The van der Waals surface area contributed by atoms with Crippen LogP contribution in [0.5, 0.6) is 0 Å². The highest BCUT2D eigenvalue weighted by molar-refractivity contribution is 8.13. The number of aromatic nitrogens is 2. The maximum atomic E-state index is 12.3. The van der Waals surface area contributed by atoms with Crippen molar-refractivity contribution < 1.29 is 21.6 Å². The molecule has 1 aromatic heterocycles.